The number of piperazine rings is 1. The normalized spacial score (nSPS) is 26.8. The predicted octanol–water partition coefficient (Wildman–Crippen LogP) is 5.14. The average molecular weight is 595 g/mol. The van der Waals surface area contributed by atoms with E-state index in [0.717, 1.165) is 12.0 Å². The van der Waals surface area contributed by atoms with Crippen molar-refractivity contribution < 1.29 is 13.2 Å². The first-order chi connectivity index (χ1) is 20.7. The molecule has 7 nitrogen and oxygen atoms in total. The van der Waals surface area contributed by atoms with Crippen LogP contribution in [0.15, 0.2) is 52.3 Å². The van der Waals surface area contributed by atoms with Crippen LogP contribution < -0.4 is 16.2 Å². The van der Waals surface area contributed by atoms with Crippen LogP contribution in [0.3, 0.4) is 0 Å². The Morgan fingerprint density at radius 3 is 2.65 bits per heavy atom. The molecule has 0 radical (unpaired) electrons. The van der Waals surface area contributed by atoms with Crippen molar-refractivity contribution in [2.75, 3.05) is 26.3 Å². The molecular weight excluding hydrogens is 553 g/mol. The van der Waals surface area contributed by atoms with Gasteiger partial charge in [-0.3, -0.25) is 9.36 Å². The van der Waals surface area contributed by atoms with Gasteiger partial charge in [0.25, 0.3) is 5.56 Å². The number of alkyl halides is 2. The van der Waals surface area contributed by atoms with Crippen LogP contribution in [-0.4, -0.2) is 58.8 Å². The molecule has 43 heavy (non-hydrogen) atoms. The predicted molar refractivity (Wildman–Crippen MR) is 163 cm³/mol. The minimum atomic E-state index is -0.890. The lowest BCUT2D eigenvalue weighted by atomic mass is 9.45. The molecular formula is C33H41F3N6O. The Labute approximate surface area is 250 Å². The van der Waals surface area contributed by atoms with E-state index in [9.17, 15) is 18.0 Å². The Hall–Kier alpha value is -3.40. The van der Waals surface area contributed by atoms with Gasteiger partial charge in [0.05, 0.1) is 22.6 Å². The summed E-state index contributed by atoms with van der Waals surface area (Å²) in [5, 5.41) is 7.36. The van der Waals surface area contributed by atoms with Crippen LogP contribution >= 0.6 is 0 Å². The van der Waals surface area contributed by atoms with Gasteiger partial charge in [-0.25, -0.2) is 23.1 Å². The number of hydrogen-bond donors (Lipinski definition) is 2. The minimum Gasteiger partial charge on any atom is -0.353 e. The van der Waals surface area contributed by atoms with Crippen LogP contribution in [-0.2, 0) is 19.6 Å². The second-order valence-corrected chi connectivity index (χ2v) is 13.1. The van der Waals surface area contributed by atoms with Gasteiger partial charge in [-0.15, -0.1) is 0 Å². The molecule has 2 N–H and O–H groups in total. The summed E-state index contributed by atoms with van der Waals surface area (Å²) in [6.07, 6.45) is 2.78. The van der Waals surface area contributed by atoms with Crippen LogP contribution in [0, 0.1) is 29.0 Å². The van der Waals surface area contributed by atoms with Gasteiger partial charge in [0.1, 0.15) is 25.0 Å². The van der Waals surface area contributed by atoms with E-state index in [1.165, 1.54) is 23.1 Å². The van der Waals surface area contributed by atoms with E-state index in [-0.39, 0.29) is 35.8 Å². The summed E-state index contributed by atoms with van der Waals surface area (Å²) in [5.74, 6) is 2.22. The Kier molecular flexibility index (Phi) is 8.24. The van der Waals surface area contributed by atoms with Crippen molar-refractivity contribution in [2.24, 2.45) is 28.2 Å². The number of aryl methyl sites for hydroxylation is 1. The maximum Gasteiger partial charge on any atom is 0.261 e. The van der Waals surface area contributed by atoms with Crippen molar-refractivity contribution in [3.05, 3.63) is 70.0 Å². The Morgan fingerprint density at radius 2 is 1.95 bits per heavy atom. The van der Waals surface area contributed by atoms with E-state index >= 15 is 0 Å². The maximum absolute atomic E-state index is 14.1. The fourth-order valence-corrected chi connectivity index (χ4v) is 7.49. The second kappa shape index (κ2) is 11.9. The molecule has 3 aliphatic carbocycles. The third-order valence-corrected chi connectivity index (χ3v) is 10.3. The molecule has 0 spiro atoms. The smallest absolute Gasteiger partial charge is 0.261 e. The number of guanidine groups is 1. The minimum absolute atomic E-state index is 0.0462. The van der Waals surface area contributed by atoms with Crippen molar-refractivity contribution >= 4 is 22.5 Å². The van der Waals surface area contributed by atoms with Gasteiger partial charge in [0.15, 0.2) is 5.96 Å². The van der Waals surface area contributed by atoms with Crippen molar-refractivity contribution in [1.82, 2.24) is 25.1 Å². The van der Waals surface area contributed by atoms with Gasteiger partial charge in [-0.05, 0) is 78.3 Å². The van der Waals surface area contributed by atoms with Crippen LogP contribution in [0.5, 0.6) is 0 Å². The van der Waals surface area contributed by atoms with E-state index < -0.39 is 13.3 Å². The first kappa shape index (κ1) is 29.7. The molecule has 230 valence electrons. The SMILES string of the molecule is C[C@H]1[C@@H](NC(=Nc2ccc3c(=O)n(CCc4ccc(F)cc4)c(CF)nc3c2)N2CCN[C@@H](CF)C2)C[C@@H]2C[C@@H]1C2(C)C. The van der Waals surface area contributed by atoms with Gasteiger partial charge >= 0.3 is 0 Å². The second-order valence-electron chi connectivity index (χ2n) is 13.1. The molecule has 0 unspecified atom stereocenters. The molecule has 1 aliphatic heterocycles. The molecule has 0 amide bonds. The summed E-state index contributed by atoms with van der Waals surface area (Å²) >= 11 is 0. The zero-order valence-electron chi connectivity index (χ0n) is 25.1. The van der Waals surface area contributed by atoms with Crippen molar-refractivity contribution in [3.8, 4) is 0 Å². The van der Waals surface area contributed by atoms with Crippen LogP contribution in [0.25, 0.3) is 10.9 Å². The van der Waals surface area contributed by atoms with Crippen molar-refractivity contribution in [1.29, 1.82) is 0 Å². The maximum atomic E-state index is 14.1. The number of aliphatic imine (C=N–C) groups is 1. The Bertz CT molecular complexity index is 1550. The molecule has 4 aliphatic rings. The lowest BCUT2D eigenvalue weighted by Gasteiger charge is -2.62. The Morgan fingerprint density at radius 1 is 1.16 bits per heavy atom. The highest BCUT2D eigenvalue weighted by Gasteiger charge is 2.56. The molecule has 2 aromatic carbocycles. The first-order valence-electron chi connectivity index (χ1n) is 15.4. The summed E-state index contributed by atoms with van der Waals surface area (Å²) in [4.78, 5) is 25.0. The molecule has 3 aromatic rings. The molecule has 3 saturated carbocycles. The number of fused-ring (bicyclic) bond motifs is 3. The van der Waals surface area contributed by atoms with Gasteiger partial charge in [0.2, 0.25) is 0 Å². The van der Waals surface area contributed by atoms with Gasteiger partial charge in [-0.1, -0.05) is 32.9 Å². The molecule has 5 atom stereocenters. The molecule has 10 heteroatoms. The highest BCUT2D eigenvalue weighted by molar-refractivity contribution is 5.86. The van der Waals surface area contributed by atoms with Gasteiger partial charge in [0, 0.05) is 32.2 Å². The molecule has 4 fully saturated rings. The zero-order chi connectivity index (χ0) is 30.3. The third-order valence-electron chi connectivity index (χ3n) is 10.3. The Balaban J connectivity index is 1.30. The van der Waals surface area contributed by atoms with Gasteiger partial charge in [-0.2, -0.15) is 0 Å². The lowest BCUT2D eigenvalue weighted by Crippen LogP contribution is -2.63. The molecule has 2 bridgehead atoms. The summed E-state index contributed by atoms with van der Waals surface area (Å²) < 4.78 is 42.4. The average Bonchev–Trinajstić information content (AvgIpc) is 3.01. The number of aromatic nitrogens is 2. The molecule has 7 rings (SSSR count). The van der Waals surface area contributed by atoms with Crippen LogP contribution in [0.2, 0.25) is 0 Å². The van der Waals surface area contributed by atoms with E-state index in [0.29, 0.717) is 71.8 Å². The standard InChI is InChI=1S/C33H41F3N6O/c1-20-27-14-22(33(27,2)3)15-28(20)40-32(41-13-11-37-25(17-34)19-41)38-24-8-9-26-29(16-24)39-30(18-35)42(31(26)43)12-10-21-4-6-23(36)7-5-21/h4-9,16,20,22,25,27-28,37H,10-15,17-19H2,1-3H3,(H,38,40)/t20-,22+,25+,27+,28+/m1/s1. The number of hydrogen-bond acceptors (Lipinski definition) is 4. The number of nitrogens with one attached hydrogen (secondary N) is 2. The zero-order valence-corrected chi connectivity index (χ0v) is 25.1. The monoisotopic (exact) mass is 594 g/mol. The number of halogens is 3. The fraction of sp³-hybridized carbons (Fsp3) is 0.545. The molecule has 1 saturated heterocycles. The van der Waals surface area contributed by atoms with Crippen LogP contribution in [0.1, 0.15) is 45.0 Å². The number of rotatable bonds is 7. The van der Waals surface area contributed by atoms with Crippen molar-refractivity contribution in [2.45, 2.75) is 65.3 Å². The highest BCUT2D eigenvalue weighted by Crippen LogP contribution is 2.61. The highest BCUT2D eigenvalue weighted by atomic mass is 19.1. The van der Waals surface area contributed by atoms with E-state index in [1.807, 2.05) is 0 Å². The number of nitrogens with zero attached hydrogens (tertiary/aromatic N) is 4. The quantitative estimate of drug-likeness (QED) is 0.293. The summed E-state index contributed by atoms with van der Waals surface area (Å²) in [5.41, 5.74) is 1.86. The largest absolute Gasteiger partial charge is 0.353 e. The fourth-order valence-electron chi connectivity index (χ4n) is 7.49. The summed E-state index contributed by atoms with van der Waals surface area (Å²) in [7, 11) is 0. The van der Waals surface area contributed by atoms with Crippen molar-refractivity contribution in [3.63, 3.8) is 0 Å². The first-order valence-corrected chi connectivity index (χ1v) is 15.4. The number of benzene rings is 2. The molecule has 1 aromatic heterocycles. The third kappa shape index (κ3) is 5.78. The topological polar surface area (TPSA) is 74.5 Å². The van der Waals surface area contributed by atoms with Crippen LogP contribution in [0.4, 0.5) is 18.9 Å². The van der Waals surface area contributed by atoms with E-state index in [4.69, 9.17) is 4.99 Å². The molecule has 2 heterocycles. The van der Waals surface area contributed by atoms with E-state index in [2.05, 4.69) is 41.3 Å². The summed E-state index contributed by atoms with van der Waals surface area (Å²) in [6.45, 7) is 7.80. The van der Waals surface area contributed by atoms with E-state index in [1.54, 1.807) is 30.3 Å². The van der Waals surface area contributed by atoms with Gasteiger partial charge < -0.3 is 15.5 Å². The lowest BCUT2D eigenvalue weighted by molar-refractivity contribution is -0.112. The summed E-state index contributed by atoms with van der Waals surface area (Å²) in [6, 6.07) is 11.3.